The molecule has 0 saturated heterocycles. The van der Waals surface area contributed by atoms with Crippen molar-refractivity contribution in [2.75, 3.05) is 6.54 Å². The van der Waals surface area contributed by atoms with Gasteiger partial charge in [0.2, 0.25) is 0 Å². The zero-order valence-corrected chi connectivity index (χ0v) is 8.98. The number of hydrogen-bond donors (Lipinski definition) is 1. The third-order valence-corrected chi connectivity index (χ3v) is 2.81. The Morgan fingerprint density at radius 3 is 2.25 bits per heavy atom. The standard InChI is InChI=1S/C11H23N/c1-9(10-6-5-7-10)12-8-11(2,3)4/h9-10,12H,5-8H2,1-4H3. The molecule has 0 aromatic heterocycles. The first-order valence-corrected chi connectivity index (χ1v) is 5.22. The van der Waals surface area contributed by atoms with E-state index in [2.05, 4.69) is 33.0 Å². The zero-order chi connectivity index (χ0) is 9.19. The predicted octanol–water partition coefficient (Wildman–Crippen LogP) is 2.81. The van der Waals surface area contributed by atoms with Gasteiger partial charge in [-0.3, -0.25) is 0 Å². The minimum atomic E-state index is 0.429. The first-order valence-electron chi connectivity index (χ1n) is 5.22. The van der Waals surface area contributed by atoms with Crippen LogP contribution in [0.4, 0.5) is 0 Å². The van der Waals surface area contributed by atoms with E-state index in [0.29, 0.717) is 5.41 Å². The molecule has 72 valence electrons. The quantitative estimate of drug-likeness (QED) is 0.685. The first-order chi connectivity index (χ1) is 5.49. The summed E-state index contributed by atoms with van der Waals surface area (Å²) in [5.41, 5.74) is 0.429. The van der Waals surface area contributed by atoms with Crippen molar-refractivity contribution in [2.24, 2.45) is 11.3 Å². The van der Waals surface area contributed by atoms with Crippen molar-refractivity contribution < 1.29 is 0 Å². The molecule has 1 N–H and O–H groups in total. The molecule has 1 unspecified atom stereocenters. The SMILES string of the molecule is CC(NCC(C)(C)C)C1CCC1. The summed E-state index contributed by atoms with van der Waals surface area (Å²) >= 11 is 0. The van der Waals surface area contributed by atoms with Crippen LogP contribution in [0.25, 0.3) is 0 Å². The van der Waals surface area contributed by atoms with E-state index >= 15 is 0 Å². The molecule has 0 aromatic carbocycles. The second-order valence-electron chi connectivity index (χ2n) is 5.42. The Labute approximate surface area is 76.9 Å². The Kier molecular flexibility index (Phi) is 3.16. The molecule has 1 fully saturated rings. The lowest BCUT2D eigenvalue weighted by atomic mass is 9.80. The highest BCUT2D eigenvalue weighted by molar-refractivity contribution is 4.80. The molecule has 1 heteroatoms. The van der Waals surface area contributed by atoms with Crippen LogP contribution in [0.3, 0.4) is 0 Å². The average molecular weight is 169 g/mol. The van der Waals surface area contributed by atoms with Gasteiger partial charge in [0.15, 0.2) is 0 Å². The van der Waals surface area contributed by atoms with Gasteiger partial charge in [0, 0.05) is 12.6 Å². The van der Waals surface area contributed by atoms with E-state index < -0.39 is 0 Å². The summed E-state index contributed by atoms with van der Waals surface area (Å²) < 4.78 is 0. The maximum absolute atomic E-state index is 3.62. The summed E-state index contributed by atoms with van der Waals surface area (Å²) in [4.78, 5) is 0. The second kappa shape index (κ2) is 3.78. The summed E-state index contributed by atoms with van der Waals surface area (Å²) in [6.45, 7) is 10.3. The van der Waals surface area contributed by atoms with Crippen molar-refractivity contribution in [1.29, 1.82) is 0 Å². The third-order valence-electron chi connectivity index (χ3n) is 2.81. The average Bonchev–Trinajstić information content (AvgIpc) is 1.78. The molecule has 0 heterocycles. The van der Waals surface area contributed by atoms with Gasteiger partial charge in [-0.1, -0.05) is 27.2 Å². The topological polar surface area (TPSA) is 12.0 Å². The van der Waals surface area contributed by atoms with Crippen LogP contribution >= 0.6 is 0 Å². The smallest absolute Gasteiger partial charge is 0.00672 e. The molecule has 1 rings (SSSR count). The second-order valence-corrected chi connectivity index (χ2v) is 5.42. The summed E-state index contributed by atoms with van der Waals surface area (Å²) in [5, 5.41) is 3.62. The molecule has 1 saturated carbocycles. The Morgan fingerprint density at radius 1 is 1.33 bits per heavy atom. The van der Waals surface area contributed by atoms with Gasteiger partial charge in [0.1, 0.15) is 0 Å². The fourth-order valence-corrected chi connectivity index (χ4v) is 1.57. The third kappa shape index (κ3) is 3.14. The van der Waals surface area contributed by atoms with Crippen molar-refractivity contribution in [3.8, 4) is 0 Å². The molecule has 1 nitrogen and oxygen atoms in total. The van der Waals surface area contributed by atoms with Crippen LogP contribution in [0.2, 0.25) is 0 Å². The highest BCUT2D eigenvalue weighted by Gasteiger charge is 2.24. The van der Waals surface area contributed by atoms with E-state index in [1.54, 1.807) is 0 Å². The van der Waals surface area contributed by atoms with E-state index in [-0.39, 0.29) is 0 Å². The van der Waals surface area contributed by atoms with Crippen LogP contribution in [0.15, 0.2) is 0 Å². The van der Waals surface area contributed by atoms with Crippen LogP contribution in [-0.4, -0.2) is 12.6 Å². The molecule has 0 bridgehead atoms. The molecule has 0 radical (unpaired) electrons. The lowest BCUT2D eigenvalue weighted by Gasteiger charge is -2.34. The van der Waals surface area contributed by atoms with Gasteiger partial charge in [0.25, 0.3) is 0 Å². The largest absolute Gasteiger partial charge is 0.313 e. The van der Waals surface area contributed by atoms with Crippen molar-refractivity contribution >= 4 is 0 Å². The van der Waals surface area contributed by atoms with Crippen LogP contribution in [-0.2, 0) is 0 Å². The molecule has 1 atom stereocenters. The molecule has 0 aromatic rings. The minimum absolute atomic E-state index is 0.429. The minimum Gasteiger partial charge on any atom is -0.313 e. The van der Waals surface area contributed by atoms with Gasteiger partial charge >= 0.3 is 0 Å². The fourth-order valence-electron chi connectivity index (χ4n) is 1.57. The van der Waals surface area contributed by atoms with Gasteiger partial charge in [-0.25, -0.2) is 0 Å². The first kappa shape index (κ1) is 10.0. The van der Waals surface area contributed by atoms with Crippen molar-refractivity contribution in [3.63, 3.8) is 0 Å². The van der Waals surface area contributed by atoms with Crippen LogP contribution < -0.4 is 5.32 Å². The molecular formula is C11H23N. The molecule has 0 aliphatic heterocycles. The molecule has 12 heavy (non-hydrogen) atoms. The summed E-state index contributed by atoms with van der Waals surface area (Å²) in [6.07, 6.45) is 4.34. The fraction of sp³-hybridized carbons (Fsp3) is 1.00. The van der Waals surface area contributed by atoms with Gasteiger partial charge < -0.3 is 5.32 Å². The normalized spacial score (nSPS) is 22.0. The van der Waals surface area contributed by atoms with Gasteiger partial charge in [0.05, 0.1) is 0 Å². The lowest BCUT2D eigenvalue weighted by Crippen LogP contribution is -2.40. The number of nitrogens with one attached hydrogen (secondary N) is 1. The summed E-state index contributed by atoms with van der Waals surface area (Å²) in [5.74, 6) is 0.965. The summed E-state index contributed by atoms with van der Waals surface area (Å²) in [6, 6.07) is 0.734. The van der Waals surface area contributed by atoms with Crippen molar-refractivity contribution in [1.82, 2.24) is 5.32 Å². The van der Waals surface area contributed by atoms with E-state index in [0.717, 1.165) is 18.5 Å². The van der Waals surface area contributed by atoms with E-state index in [9.17, 15) is 0 Å². The molecule has 1 aliphatic carbocycles. The van der Waals surface area contributed by atoms with Crippen LogP contribution in [0, 0.1) is 11.3 Å². The molecule has 0 amide bonds. The van der Waals surface area contributed by atoms with Gasteiger partial charge in [-0.05, 0) is 31.1 Å². The van der Waals surface area contributed by atoms with E-state index in [4.69, 9.17) is 0 Å². The summed E-state index contributed by atoms with van der Waals surface area (Å²) in [7, 11) is 0. The zero-order valence-electron chi connectivity index (χ0n) is 8.98. The molecule has 0 spiro atoms. The predicted molar refractivity (Wildman–Crippen MR) is 54.3 cm³/mol. The number of rotatable bonds is 3. The number of hydrogen-bond acceptors (Lipinski definition) is 1. The van der Waals surface area contributed by atoms with Gasteiger partial charge in [-0.15, -0.1) is 0 Å². The molecular weight excluding hydrogens is 146 g/mol. The Morgan fingerprint density at radius 2 is 1.92 bits per heavy atom. The van der Waals surface area contributed by atoms with Gasteiger partial charge in [-0.2, -0.15) is 0 Å². The van der Waals surface area contributed by atoms with Crippen LogP contribution in [0.5, 0.6) is 0 Å². The molecule has 1 aliphatic rings. The monoisotopic (exact) mass is 169 g/mol. The van der Waals surface area contributed by atoms with Crippen LogP contribution in [0.1, 0.15) is 47.0 Å². The van der Waals surface area contributed by atoms with Crippen molar-refractivity contribution in [2.45, 2.75) is 53.0 Å². The lowest BCUT2D eigenvalue weighted by molar-refractivity contribution is 0.223. The maximum Gasteiger partial charge on any atom is 0.00672 e. The Bertz CT molecular complexity index is 130. The highest BCUT2D eigenvalue weighted by Crippen LogP contribution is 2.29. The van der Waals surface area contributed by atoms with E-state index in [1.165, 1.54) is 19.3 Å². The Balaban J connectivity index is 2.13. The maximum atomic E-state index is 3.62. The highest BCUT2D eigenvalue weighted by atomic mass is 14.9. The Hall–Kier alpha value is -0.0400. The van der Waals surface area contributed by atoms with E-state index in [1.807, 2.05) is 0 Å². The van der Waals surface area contributed by atoms with Crippen molar-refractivity contribution in [3.05, 3.63) is 0 Å².